The molecule has 0 aromatic rings. The summed E-state index contributed by atoms with van der Waals surface area (Å²) < 4.78 is 0. The molecule has 2 aliphatic carbocycles. The number of hydrogen-bond acceptors (Lipinski definition) is 1. The zero-order valence-electron chi connectivity index (χ0n) is 11.7. The maximum absolute atomic E-state index is 5.92. The van der Waals surface area contributed by atoms with Gasteiger partial charge in [-0.1, -0.05) is 26.7 Å². The van der Waals surface area contributed by atoms with Crippen LogP contribution in [0.15, 0.2) is 4.99 Å². The zero-order valence-corrected chi connectivity index (χ0v) is 14.1. The second-order valence-electron chi connectivity index (χ2n) is 6.43. The van der Waals surface area contributed by atoms with Crippen molar-refractivity contribution in [2.75, 3.05) is 6.54 Å². The smallest absolute Gasteiger partial charge is 0.188 e. The highest BCUT2D eigenvalue weighted by Crippen LogP contribution is 2.43. The molecule has 0 aromatic heterocycles. The zero-order chi connectivity index (χ0) is 12.3. The monoisotopic (exact) mass is 365 g/mol. The van der Waals surface area contributed by atoms with Gasteiger partial charge in [-0.05, 0) is 43.4 Å². The predicted molar refractivity (Wildman–Crippen MR) is 88.4 cm³/mol. The number of rotatable bonds is 5. The molecule has 0 saturated heterocycles. The van der Waals surface area contributed by atoms with E-state index in [2.05, 4.69) is 24.2 Å². The van der Waals surface area contributed by atoms with E-state index >= 15 is 0 Å². The Balaban J connectivity index is 0.00000162. The molecular formula is C14H28IN3. The number of hydrogen-bond donors (Lipinski definition) is 2. The molecule has 3 nitrogen and oxygen atoms in total. The fourth-order valence-electron chi connectivity index (χ4n) is 3.15. The van der Waals surface area contributed by atoms with Crippen LogP contribution in [0.1, 0.15) is 58.8 Å². The lowest BCUT2D eigenvalue weighted by Gasteiger charge is -2.29. The van der Waals surface area contributed by atoms with Gasteiger partial charge in [-0.3, -0.25) is 4.99 Å². The highest BCUT2D eigenvalue weighted by atomic mass is 127. The molecule has 2 aliphatic rings. The van der Waals surface area contributed by atoms with Crippen molar-refractivity contribution in [2.45, 2.75) is 64.8 Å². The van der Waals surface area contributed by atoms with Gasteiger partial charge in [-0.2, -0.15) is 0 Å². The van der Waals surface area contributed by atoms with Gasteiger partial charge < -0.3 is 11.1 Å². The van der Waals surface area contributed by atoms with Crippen molar-refractivity contribution in [3.63, 3.8) is 0 Å². The van der Waals surface area contributed by atoms with Gasteiger partial charge in [0.1, 0.15) is 0 Å². The molecule has 4 heteroatoms. The lowest BCUT2D eigenvalue weighted by atomic mass is 9.78. The van der Waals surface area contributed by atoms with Gasteiger partial charge in [0.2, 0.25) is 0 Å². The van der Waals surface area contributed by atoms with Gasteiger partial charge in [0.25, 0.3) is 0 Å². The van der Waals surface area contributed by atoms with Gasteiger partial charge in [0, 0.05) is 12.6 Å². The van der Waals surface area contributed by atoms with Crippen LogP contribution < -0.4 is 11.1 Å². The van der Waals surface area contributed by atoms with Crippen LogP contribution in [-0.2, 0) is 0 Å². The first-order chi connectivity index (χ1) is 8.10. The molecule has 0 unspecified atom stereocenters. The summed E-state index contributed by atoms with van der Waals surface area (Å²) in [5.41, 5.74) is 6.37. The van der Waals surface area contributed by atoms with E-state index in [1.54, 1.807) is 0 Å². The number of nitrogens with one attached hydrogen (secondary N) is 1. The third-order valence-electron chi connectivity index (χ3n) is 4.02. The van der Waals surface area contributed by atoms with Gasteiger partial charge in [0.15, 0.2) is 5.96 Å². The van der Waals surface area contributed by atoms with Crippen LogP contribution in [0.25, 0.3) is 0 Å². The molecule has 0 atom stereocenters. The van der Waals surface area contributed by atoms with Crippen LogP contribution in [0.3, 0.4) is 0 Å². The maximum Gasteiger partial charge on any atom is 0.188 e. The molecule has 106 valence electrons. The standard InChI is InChI=1S/C14H27N3.HI/c1-11(2)9-14(7-3-4-8-14)10-16-13(15)17-12-5-6-12;/h11-12H,3-10H2,1-2H3,(H3,15,16,17);1H. The molecule has 2 fully saturated rings. The highest BCUT2D eigenvalue weighted by molar-refractivity contribution is 14.0. The Bertz CT molecular complexity index is 279. The Kier molecular flexibility index (Phi) is 6.21. The van der Waals surface area contributed by atoms with Crippen molar-refractivity contribution in [3.05, 3.63) is 0 Å². The molecule has 2 rings (SSSR count). The van der Waals surface area contributed by atoms with E-state index in [0.29, 0.717) is 17.4 Å². The van der Waals surface area contributed by atoms with E-state index < -0.39 is 0 Å². The second kappa shape index (κ2) is 6.96. The molecule has 3 N–H and O–H groups in total. The van der Waals surface area contributed by atoms with Crippen molar-refractivity contribution in [3.8, 4) is 0 Å². The van der Waals surface area contributed by atoms with Crippen molar-refractivity contribution >= 4 is 29.9 Å². The van der Waals surface area contributed by atoms with Crippen LogP contribution >= 0.6 is 24.0 Å². The fraction of sp³-hybridized carbons (Fsp3) is 0.929. The van der Waals surface area contributed by atoms with Crippen LogP contribution in [0.2, 0.25) is 0 Å². The molecule has 0 aliphatic heterocycles. The summed E-state index contributed by atoms with van der Waals surface area (Å²) in [6, 6.07) is 0.614. The maximum atomic E-state index is 5.92. The average Bonchev–Trinajstić information content (AvgIpc) is 2.94. The highest BCUT2D eigenvalue weighted by Gasteiger charge is 2.34. The molecule has 0 amide bonds. The van der Waals surface area contributed by atoms with Crippen LogP contribution in [0, 0.1) is 11.3 Å². The van der Waals surface area contributed by atoms with E-state index in [0.717, 1.165) is 12.5 Å². The predicted octanol–water partition coefficient (Wildman–Crippen LogP) is 3.28. The minimum Gasteiger partial charge on any atom is -0.370 e. The molecule has 0 radical (unpaired) electrons. The quantitative estimate of drug-likeness (QED) is 0.446. The summed E-state index contributed by atoms with van der Waals surface area (Å²) >= 11 is 0. The SMILES string of the molecule is CC(C)CC1(CN=C(N)NC2CC2)CCCC1.I. The van der Waals surface area contributed by atoms with Crippen LogP contribution in [0.4, 0.5) is 0 Å². The third-order valence-corrected chi connectivity index (χ3v) is 4.02. The number of halogens is 1. The fourth-order valence-corrected chi connectivity index (χ4v) is 3.15. The topological polar surface area (TPSA) is 50.4 Å². The summed E-state index contributed by atoms with van der Waals surface area (Å²) in [5.74, 6) is 1.43. The Morgan fingerprint density at radius 2 is 1.94 bits per heavy atom. The Hall–Kier alpha value is 0. The second-order valence-corrected chi connectivity index (χ2v) is 6.43. The van der Waals surface area contributed by atoms with E-state index in [1.807, 2.05) is 0 Å². The van der Waals surface area contributed by atoms with Gasteiger partial charge in [-0.25, -0.2) is 0 Å². The molecule has 0 heterocycles. The van der Waals surface area contributed by atoms with Gasteiger partial charge in [0.05, 0.1) is 0 Å². The number of nitrogens with zero attached hydrogens (tertiary/aromatic N) is 1. The molecule has 2 saturated carbocycles. The lowest BCUT2D eigenvalue weighted by Crippen LogP contribution is -2.35. The first-order valence-corrected chi connectivity index (χ1v) is 7.16. The third kappa shape index (κ3) is 4.94. The van der Waals surface area contributed by atoms with Crippen molar-refractivity contribution < 1.29 is 0 Å². The van der Waals surface area contributed by atoms with Crippen molar-refractivity contribution in [1.29, 1.82) is 0 Å². The normalized spacial score (nSPS) is 22.9. The molecular weight excluding hydrogens is 337 g/mol. The van der Waals surface area contributed by atoms with E-state index in [1.165, 1.54) is 44.9 Å². The minimum absolute atomic E-state index is 0. The molecule has 0 spiro atoms. The summed E-state index contributed by atoms with van der Waals surface area (Å²) in [6.07, 6.45) is 9.24. The number of nitrogens with two attached hydrogens (primary N) is 1. The van der Waals surface area contributed by atoms with Crippen LogP contribution in [0.5, 0.6) is 0 Å². The summed E-state index contributed by atoms with van der Waals surface area (Å²) in [5, 5.41) is 3.28. The first-order valence-electron chi connectivity index (χ1n) is 7.16. The van der Waals surface area contributed by atoms with Gasteiger partial charge >= 0.3 is 0 Å². The summed E-state index contributed by atoms with van der Waals surface area (Å²) in [6.45, 7) is 5.56. The summed E-state index contributed by atoms with van der Waals surface area (Å²) in [7, 11) is 0. The largest absolute Gasteiger partial charge is 0.370 e. The Morgan fingerprint density at radius 1 is 1.33 bits per heavy atom. The van der Waals surface area contributed by atoms with Crippen molar-refractivity contribution in [2.24, 2.45) is 22.1 Å². The Morgan fingerprint density at radius 3 is 2.44 bits per heavy atom. The van der Waals surface area contributed by atoms with Crippen molar-refractivity contribution in [1.82, 2.24) is 5.32 Å². The van der Waals surface area contributed by atoms with Gasteiger partial charge in [-0.15, -0.1) is 24.0 Å². The Labute approximate surface area is 128 Å². The lowest BCUT2D eigenvalue weighted by molar-refractivity contribution is 0.245. The van der Waals surface area contributed by atoms with Crippen LogP contribution in [-0.4, -0.2) is 18.5 Å². The molecule has 18 heavy (non-hydrogen) atoms. The number of aliphatic imine (C=N–C) groups is 1. The molecule has 0 bridgehead atoms. The summed E-state index contributed by atoms with van der Waals surface area (Å²) in [4.78, 5) is 4.59. The van der Waals surface area contributed by atoms with E-state index in [4.69, 9.17) is 5.73 Å². The van der Waals surface area contributed by atoms with E-state index in [-0.39, 0.29) is 24.0 Å². The minimum atomic E-state index is 0. The van der Waals surface area contributed by atoms with E-state index in [9.17, 15) is 0 Å². The number of guanidine groups is 1. The molecule has 0 aromatic carbocycles. The average molecular weight is 365 g/mol. The first kappa shape index (κ1) is 16.1.